The van der Waals surface area contributed by atoms with E-state index in [9.17, 15) is 4.79 Å². The molecule has 7 nitrogen and oxygen atoms in total. The number of benzene rings is 1. The minimum Gasteiger partial charge on any atom is -0.497 e. The number of hydrogen-bond donors (Lipinski definition) is 0. The van der Waals surface area contributed by atoms with Gasteiger partial charge in [-0.1, -0.05) is 0 Å². The number of aromatic nitrogens is 1. The van der Waals surface area contributed by atoms with E-state index in [4.69, 9.17) is 18.6 Å². The number of nitrogens with zero attached hydrogens (tertiary/aromatic N) is 2. The number of oxazole rings is 1. The maximum Gasteiger partial charge on any atom is 0.420 e. The molecule has 0 bridgehead atoms. The highest BCUT2D eigenvalue weighted by Crippen LogP contribution is 2.38. The molecule has 2 aromatic rings. The van der Waals surface area contributed by atoms with Crippen molar-refractivity contribution in [3.05, 3.63) is 28.7 Å². The SMILES string of the molecule is COCCOC1CCC(C)(N2CCC(n3c(=O)oc4ccc(OC)cc43)CC2)CC1. The fraction of sp³-hybridized carbons (Fsp3) is 0.696. The van der Waals surface area contributed by atoms with Crippen LogP contribution in [0.15, 0.2) is 27.4 Å². The highest BCUT2D eigenvalue weighted by atomic mass is 16.5. The Kier molecular flexibility index (Phi) is 6.51. The number of fused-ring (bicyclic) bond motifs is 1. The minimum atomic E-state index is -0.267. The molecule has 0 radical (unpaired) electrons. The molecule has 0 atom stereocenters. The van der Waals surface area contributed by atoms with Gasteiger partial charge >= 0.3 is 5.76 Å². The van der Waals surface area contributed by atoms with Crippen LogP contribution in [0, 0.1) is 0 Å². The molecule has 1 saturated carbocycles. The van der Waals surface area contributed by atoms with Crippen molar-refractivity contribution in [2.24, 2.45) is 0 Å². The Bertz CT molecular complexity index is 889. The zero-order valence-corrected chi connectivity index (χ0v) is 18.4. The topological polar surface area (TPSA) is 66.1 Å². The third-order valence-corrected chi connectivity index (χ3v) is 7.06. The Morgan fingerprint density at radius 3 is 2.50 bits per heavy atom. The molecule has 30 heavy (non-hydrogen) atoms. The van der Waals surface area contributed by atoms with E-state index < -0.39 is 0 Å². The van der Waals surface area contributed by atoms with Gasteiger partial charge in [-0.25, -0.2) is 4.79 Å². The van der Waals surface area contributed by atoms with E-state index in [-0.39, 0.29) is 17.3 Å². The molecule has 1 aromatic heterocycles. The van der Waals surface area contributed by atoms with Gasteiger partial charge in [0.1, 0.15) is 5.75 Å². The molecule has 1 aromatic carbocycles. The maximum atomic E-state index is 12.5. The molecular weight excluding hydrogens is 384 g/mol. The van der Waals surface area contributed by atoms with Crippen molar-refractivity contribution < 1.29 is 18.6 Å². The molecule has 2 aliphatic rings. The van der Waals surface area contributed by atoms with Gasteiger partial charge in [0.15, 0.2) is 5.58 Å². The van der Waals surface area contributed by atoms with Crippen LogP contribution in [-0.2, 0) is 9.47 Å². The Morgan fingerprint density at radius 1 is 1.10 bits per heavy atom. The number of likely N-dealkylation sites (tertiary alicyclic amines) is 1. The summed E-state index contributed by atoms with van der Waals surface area (Å²) in [5.41, 5.74) is 1.68. The van der Waals surface area contributed by atoms with E-state index in [0.717, 1.165) is 62.9 Å². The molecule has 0 unspecified atom stereocenters. The van der Waals surface area contributed by atoms with Crippen LogP contribution < -0.4 is 10.5 Å². The highest BCUT2D eigenvalue weighted by Gasteiger charge is 2.38. The Balaban J connectivity index is 1.38. The third kappa shape index (κ3) is 4.29. The highest BCUT2D eigenvalue weighted by molar-refractivity contribution is 5.75. The van der Waals surface area contributed by atoms with Crippen molar-refractivity contribution in [1.29, 1.82) is 0 Å². The summed E-state index contributed by atoms with van der Waals surface area (Å²) >= 11 is 0. The Morgan fingerprint density at radius 2 is 1.83 bits per heavy atom. The van der Waals surface area contributed by atoms with Gasteiger partial charge < -0.3 is 18.6 Å². The first-order chi connectivity index (χ1) is 14.5. The smallest absolute Gasteiger partial charge is 0.420 e. The molecule has 2 heterocycles. The van der Waals surface area contributed by atoms with E-state index in [2.05, 4.69) is 11.8 Å². The fourth-order valence-corrected chi connectivity index (χ4v) is 5.14. The van der Waals surface area contributed by atoms with Crippen LogP contribution in [0.3, 0.4) is 0 Å². The quantitative estimate of drug-likeness (QED) is 0.640. The van der Waals surface area contributed by atoms with E-state index in [1.54, 1.807) is 14.2 Å². The summed E-state index contributed by atoms with van der Waals surface area (Å²) in [5.74, 6) is 0.475. The summed E-state index contributed by atoms with van der Waals surface area (Å²) in [4.78, 5) is 15.2. The summed E-state index contributed by atoms with van der Waals surface area (Å²) in [6.45, 7) is 5.73. The fourth-order valence-electron chi connectivity index (χ4n) is 5.14. The summed E-state index contributed by atoms with van der Waals surface area (Å²) in [5, 5.41) is 0. The summed E-state index contributed by atoms with van der Waals surface area (Å²) < 4.78 is 23.7. The van der Waals surface area contributed by atoms with Crippen molar-refractivity contribution in [2.45, 2.75) is 63.1 Å². The Labute approximate surface area is 177 Å². The van der Waals surface area contributed by atoms with Crippen LogP contribution in [-0.4, -0.2) is 61.6 Å². The second kappa shape index (κ2) is 9.12. The van der Waals surface area contributed by atoms with E-state index >= 15 is 0 Å². The summed E-state index contributed by atoms with van der Waals surface area (Å²) in [7, 11) is 3.35. The lowest BCUT2D eigenvalue weighted by Crippen LogP contribution is -2.53. The number of hydrogen-bond acceptors (Lipinski definition) is 6. The second-order valence-corrected chi connectivity index (χ2v) is 8.85. The number of methoxy groups -OCH3 is 2. The second-order valence-electron chi connectivity index (χ2n) is 8.85. The van der Waals surface area contributed by atoms with Crippen LogP contribution in [0.5, 0.6) is 5.75 Å². The van der Waals surface area contributed by atoms with Gasteiger partial charge in [-0.05, 0) is 57.6 Å². The molecule has 1 aliphatic carbocycles. The van der Waals surface area contributed by atoms with Crippen molar-refractivity contribution >= 4 is 11.1 Å². The average Bonchev–Trinajstić information content (AvgIpc) is 3.10. The van der Waals surface area contributed by atoms with E-state index in [1.165, 1.54) is 0 Å². The molecule has 0 spiro atoms. The third-order valence-electron chi connectivity index (χ3n) is 7.06. The predicted octanol–water partition coefficient (Wildman–Crippen LogP) is 3.60. The number of piperidine rings is 1. The normalized spacial score (nSPS) is 26.3. The lowest BCUT2D eigenvalue weighted by Gasteiger charge is -2.48. The van der Waals surface area contributed by atoms with Gasteiger partial charge in [-0.15, -0.1) is 0 Å². The Hall–Kier alpha value is -1.83. The van der Waals surface area contributed by atoms with Crippen LogP contribution in [0.4, 0.5) is 0 Å². The lowest BCUT2D eigenvalue weighted by atomic mass is 9.79. The maximum absolute atomic E-state index is 12.5. The number of rotatable bonds is 7. The molecule has 1 saturated heterocycles. The first-order valence-electron chi connectivity index (χ1n) is 11.1. The van der Waals surface area contributed by atoms with Gasteiger partial charge in [-0.3, -0.25) is 9.47 Å². The zero-order chi connectivity index (χ0) is 21.1. The van der Waals surface area contributed by atoms with Crippen molar-refractivity contribution in [3.8, 4) is 5.75 Å². The molecule has 4 rings (SSSR count). The lowest BCUT2D eigenvalue weighted by molar-refractivity contribution is -0.0419. The molecule has 166 valence electrons. The van der Waals surface area contributed by atoms with Crippen molar-refractivity contribution in [2.75, 3.05) is 40.5 Å². The van der Waals surface area contributed by atoms with Crippen molar-refractivity contribution in [1.82, 2.24) is 9.47 Å². The molecule has 7 heteroatoms. The van der Waals surface area contributed by atoms with Crippen LogP contribution >= 0.6 is 0 Å². The first kappa shape index (κ1) is 21.4. The molecule has 1 aliphatic heterocycles. The standard InChI is InChI=1S/C23H34N2O5/c1-23(10-6-18(7-11-23)29-15-14-27-2)24-12-8-17(9-13-24)25-20-16-19(28-3)4-5-21(20)30-22(25)26/h4-5,16-18H,6-15H2,1-3H3. The van der Waals surface area contributed by atoms with Crippen molar-refractivity contribution in [3.63, 3.8) is 0 Å². The van der Waals surface area contributed by atoms with Crippen LogP contribution in [0.1, 0.15) is 51.5 Å². The minimum absolute atomic E-state index is 0.166. The van der Waals surface area contributed by atoms with Gasteiger partial charge in [0.25, 0.3) is 0 Å². The molecule has 2 fully saturated rings. The average molecular weight is 419 g/mol. The molecular formula is C23H34N2O5. The van der Waals surface area contributed by atoms with Crippen LogP contribution in [0.2, 0.25) is 0 Å². The number of ether oxygens (including phenoxy) is 3. The monoisotopic (exact) mass is 418 g/mol. The summed E-state index contributed by atoms with van der Waals surface area (Å²) in [6, 6.07) is 5.71. The van der Waals surface area contributed by atoms with Gasteiger partial charge in [-0.2, -0.15) is 0 Å². The van der Waals surface area contributed by atoms with E-state index in [0.29, 0.717) is 24.9 Å². The van der Waals surface area contributed by atoms with Gasteiger partial charge in [0.2, 0.25) is 0 Å². The zero-order valence-electron chi connectivity index (χ0n) is 18.4. The first-order valence-corrected chi connectivity index (χ1v) is 11.1. The largest absolute Gasteiger partial charge is 0.497 e. The predicted molar refractivity (Wildman–Crippen MR) is 115 cm³/mol. The molecule has 0 amide bonds. The van der Waals surface area contributed by atoms with Gasteiger partial charge in [0, 0.05) is 37.8 Å². The molecule has 0 N–H and O–H groups in total. The van der Waals surface area contributed by atoms with E-state index in [1.807, 2.05) is 22.8 Å². The van der Waals surface area contributed by atoms with Gasteiger partial charge in [0.05, 0.1) is 31.9 Å². The van der Waals surface area contributed by atoms with Crippen LogP contribution in [0.25, 0.3) is 11.1 Å². The summed E-state index contributed by atoms with van der Waals surface area (Å²) in [6.07, 6.45) is 6.78.